The summed E-state index contributed by atoms with van der Waals surface area (Å²) in [5, 5.41) is 11.0. The number of hydrogen-bond acceptors (Lipinski definition) is 3. The molecule has 0 aliphatic rings. The third kappa shape index (κ3) is 1.42. The molecule has 14 heavy (non-hydrogen) atoms. The normalized spacial score (nSPS) is 10.4. The van der Waals surface area contributed by atoms with Crippen molar-refractivity contribution in [1.29, 1.82) is 0 Å². The van der Waals surface area contributed by atoms with E-state index in [-0.39, 0.29) is 6.61 Å². The quantitative estimate of drug-likeness (QED) is 0.782. The Hall–Kier alpha value is -1.61. The highest BCUT2D eigenvalue weighted by atomic mass is 16.5. The minimum absolute atomic E-state index is 0.0561. The van der Waals surface area contributed by atoms with Crippen molar-refractivity contribution in [3.63, 3.8) is 0 Å². The van der Waals surface area contributed by atoms with E-state index in [2.05, 4.69) is 4.98 Å². The highest BCUT2D eigenvalue weighted by Gasteiger charge is 2.02. The molecule has 0 aliphatic carbocycles. The molecular weight excluding hydrogens is 178 g/mol. The van der Waals surface area contributed by atoms with Crippen LogP contribution < -0.4 is 4.74 Å². The molecule has 0 amide bonds. The number of rotatable bonds is 2. The van der Waals surface area contributed by atoms with Gasteiger partial charge in [0.2, 0.25) is 5.88 Å². The van der Waals surface area contributed by atoms with E-state index in [0.717, 1.165) is 16.3 Å². The van der Waals surface area contributed by atoms with Crippen LogP contribution in [0.25, 0.3) is 10.8 Å². The lowest BCUT2D eigenvalue weighted by molar-refractivity contribution is 0.282. The molecule has 3 heteroatoms. The van der Waals surface area contributed by atoms with Gasteiger partial charge in [-0.2, -0.15) is 0 Å². The number of ether oxygens (including phenoxy) is 1. The summed E-state index contributed by atoms with van der Waals surface area (Å²) >= 11 is 0. The van der Waals surface area contributed by atoms with Gasteiger partial charge in [0.1, 0.15) is 0 Å². The van der Waals surface area contributed by atoms with Crippen molar-refractivity contribution in [3.8, 4) is 5.88 Å². The van der Waals surface area contributed by atoms with E-state index in [1.807, 2.05) is 24.3 Å². The predicted octanol–water partition coefficient (Wildman–Crippen LogP) is 1.74. The fraction of sp³-hybridized carbons (Fsp3) is 0.182. The van der Waals surface area contributed by atoms with Gasteiger partial charge in [0, 0.05) is 11.6 Å². The first kappa shape index (κ1) is 8.97. The number of nitrogens with zero attached hydrogens (tertiary/aromatic N) is 1. The van der Waals surface area contributed by atoms with Crippen LogP contribution in [0.4, 0.5) is 0 Å². The van der Waals surface area contributed by atoms with Crippen LogP contribution in [0.2, 0.25) is 0 Å². The molecule has 1 N–H and O–H groups in total. The van der Waals surface area contributed by atoms with E-state index >= 15 is 0 Å². The Morgan fingerprint density at radius 1 is 1.36 bits per heavy atom. The van der Waals surface area contributed by atoms with Gasteiger partial charge >= 0.3 is 0 Å². The summed E-state index contributed by atoms with van der Waals surface area (Å²) in [4.78, 5) is 4.10. The highest BCUT2D eigenvalue weighted by Crippen LogP contribution is 2.23. The molecular formula is C11H11NO2. The number of benzene rings is 1. The van der Waals surface area contributed by atoms with Crippen LogP contribution in [0.5, 0.6) is 5.88 Å². The molecule has 0 aliphatic heterocycles. The van der Waals surface area contributed by atoms with E-state index < -0.39 is 0 Å². The van der Waals surface area contributed by atoms with Gasteiger partial charge < -0.3 is 9.84 Å². The zero-order valence-electron chi connectivity index (χ0n) is 7.90. The number of methoxy groups -OCH3 is 1. The van der Waals surface area contributed by atoms with E-state index in [1.165, 1.54) is 0 Å². The van der Waals surface area contributed by atoms with Crippen molar-refractivity contribution in [2.45, 2.75) is 6.61 Å². The van der Waals surface area contributed by atoms with Crippen LogP contribution in [-0.2, 0) is 6.61 Å². The van der Waals surface area contributed by atoms with Gasteiger partial charge in [0.25, 0.3) is 0 Å². The van der Waals surface area contributed by atoms with Gasteiger partial charge in [-0.15, -0.1) is 0 Å². The summed E-state index contributed by atoms with van der Waals surface area (Å²) in [5.41, 5.74) is 0.894. The zero-order valence-corrected chi connectivity index (χ0v) is 7.90. The fourth-order valence-electron chi connectivity index (χ4n) is 1.46. The predicted molar refractivity (Wildman–Crippen MR) is 54.2 cm³/mol. The smallest absolute Gasteiger partial charge is 0.221 e. The second kappa shape index (κ2) is 3.64. The molecule has 1 heterocycles. The maximum Gasteiger partial charge on any atom is 0.221 e. The van der Waals surface area contributed by atoms with Crippen LogP contribution in [0.3, 0.4) is 0 Å². The number of fused-ring (bicyclic) bond motifs is 1. The Morgan fingerprint density at radius 3 is 2.93 bits per heavy atom. The highest BCUT2D eigenvalue weighted by molar-refractivity contribution is 5.87. The van der Waals surface area contributed by atoms with Crippen molar-refractivity contribution in [2.24, 2.45) is 0 Å². The number of aliphatic hydroxyl groups is 1. The molecule has 0 radical (unpaired) electrons. The largest absolute Gasteiger partial charge is 0.481 e. The minimum atomic E-state index is 0.0561. The van der Waals surface area contributed by atoms with Gasteiger partial charge in [-0.25, -0.2) is 4.98 Å². The molecule has 3 nitrogen and oxygen atoms in total. The number of aromatic nitrogens is 1. The number of aliphatic hydroxyl groups excluding tert-OH is 1. The second-order valence-corrected chi connectivity index (χ2v) is 3.03. The molecule has 1 aromatic heterocycles. The van der Waals surface area contributed by atoms with Gasteiger partial charge in [-0.05, 0) is 29.1 Å². The third-order valence-electron chi connectivity index (χ3n) is 2.17. The topological polar surface area (TPSA) is 42.4 Å². The molecule has 0 spiro atoms. The summed E-state index contributed by atoms with van der Waals surface area (Å²) in [6.07, 6.45) is 1.70. The average Bonchev–Trinajstić information content (AvgIpc) is 2.27. The van der Waals surface area contributed by atoms with Crippen LogP contribution in [0, 0.1) is 0 Å². The van der Waals surface area contributed by atoms with E-state index in [4.69, 9.17) is 9.84 Å². The molecule has 0 fully saturated rings. The molecule has 0 saturated heterocycles. The summed E-state index contributed by atoms with van der Waals surface area (Å²) in [6, 6.07) is 7.61. The fourth-order valence-corrected chi connectivity index (χ4v) is 1.46. The number of hydrogen-bond donors (Lipinski definition) is 1. The molecule has 0 bridgehead atoms. The van der Waals surface area contributed by atoms with Crippen LogP contribution in [-0.4, -0.2) is 17.2 Å². The first-order valence-electron chi connectivity index (χ1n) is 4.37. The maximum absolute atomic E-state index is 8.98. The summed E-state index contributed by atoms with van der Waals surface area (Å²) in [5.74, 6) is 0.618. The van der Waals surface area contributed by atoms with Crippen molar-refractivity contribution >= 4 is 10.8 Å². The van der Waals surface area contributed by atoms with Gasteiger partial charge in [-0.3, -0.25) is 0 Å². The Morgan fingerprint density at radius 2 is 2.21 bits per heavy atom. The SMILES string of the molecule is COc1nccc2cc(CO)ccc12. The maximum atomic E-state index is 8.98. The summed E-state index contributed by atoms with van der Waals surface area (Å²) < 4.78 is 5.13. The lowest BCUT2D eigenvalue weighted by Gasteiger charge is -2.04. The Labute approximate surface area is 82.0 Å². The van der Waals surface area contributed by atoms with E-state index in [1.54, 1.807) is 13.3 Å². The third-order valence-corrected chi connectivity index (χ3v) is 2.17. The van der Waals surface area contributed by atoms with Crippen molar-refractivity contribution in [1.82, 2.24) is 4.98 Å². The average molecular weight is 189 g/mol. The van der Waals surface area contributed by atoms with Crippen LogP contribution >= 0.6 is 0 Å². The number of pyridine rings is 1. The standard InChI is InChI=1S/C11H11NO2/c1-14-11-10-3-2-8(7-13)6-9(10)4-5-12-11/h2-6,13H,7H2,1H3. The Bertz CT molecular complexity index is 454. The first-order valence-corrected chi connectivity index (χ1v) is 4.37. The van der Waals surface area contributed by atoms with Gasteiger partial charge in [-0.1, -0.05) is 6.07 Å². The lowest BCUT2D eigenvalue weighted by atomic mass is 10.1. The Balaban J connectivity index is 2.67. The molecule has 0 unspecified atom stereocenters. The second-order valence-electron chi connectivity index (χ2n) is 3.03. The van der Waals surface area contributed by atoms with Crippen molar-refractivity contribution in [2.75, 3.05) is 7.11 Å². The Kier molecular flexibility index (Phi) is 2.33. The monoisotopic (exact) mass is 189 g/mol. The molecule has 1 aromatic carbocycles. The zero-order chi connectivity index (χ0) is 9.97. The van der Waals surface area contributed by atoms with Crippen LogP contribution in [0.1, 0.15) is 5.56 Å². The molecule has 0 saturated carbocycles. The van der Waals surface area contributed by atoms with Crippen molar-refractivity contribution in [3.05, 3.63) is 36.0 Å². The van der Waals surface area contributed by atoms with Crippen molar-refractivity contribution < 1.29 is 9.84 Å². The molecule has 72 valence electrons. The van der Waals surface area contributed by atoms with E-state index in [0.29, 0.717) is 5.88 Å². The molecule has 2 rings (SSSR count). The first-order chi connectivity index (χ1) is 6.85. The molecule has 2 aromatic rings. The van der Waals surface area contributed by atoms with Crippen LogP contribution in [0.15, 0.2) is 30.5 Å². The van der Waals surface area contributed by atoms with Gasteiger partial charge in [0.05, 0.1) is 13.7 Å². The lowest BCUT2D eigenvalue weighted by Crippen LogP contribution is -1.89. The minimum Gasteiger partial charge on any atom is -0.481 e. The summed E-state index contributed by atoms with van der Waals surface area (Å²) in [7, 11) is 1.60. The summed E-state index contributed by atoms with van der Waals surface area (Å²) in [6.45, 7) is 0.0561. The molecule has 0 atom stereocenters. The van der Waals surface area contributed by atoms with E-state index in [9.17, 15) is 0 Å². The van der Waals surface area contributed by atoms with Gasteiger partial charge in [0.15, 0.2) is 0 Å².